The Bertz CT molecular complexity index is 944. The molecule has 1 aliphatic rings. The van der Waals surface area contributed by atoms with Crippen molar-refractivity contribution in [2.45, 2.75) is 50.1 Å². The van der Waals surface area contributed by atoms with Crippen LogP contribution in [0.2, 0.25) is 0 Å². The number of sulfonamides is 1. The summed E-state index contributed by atoms with van der Waals surface area (Å²) in [5, 5.41) is 0. The van der Waals surface area contributed by atoms with Gasteiger partial charge in [-0.1, -0.05) is 24.3 Å². The normalized spacial score (nSPS) is 16.8. The molecule has 0 aliphatic heterocycles. The fraction of sp³-hybridized carbons (Fsp3) is 0.381. The molecule has 6 heteroatoms. The number of benzene rings is 2. The number of hydrogen-bond acceptors (Lipinski definition) is 3. The molecule has 0 heterocycles. The first kappa shape index (κ1) is 19.6. The van der Waals surface area contributed by atoms with Crippen molar-refractivity contribution < 1.29 is 13.2 Å². The second kappa shape index (κ2) is 7.09. The van der Waals surface area contributed by atoms with E-state index in [4.69, 9.17) is 0 Å². The van der Waals surface area contributed by atoms with Gasteiger partial charge in [-0.3, -0.25) is 4.79 Å². The van der Waals surface area contributed by atoms with Gasteiger partial charge in [0.25, 0.3) is 5.91 Å². The van der Waals surface area contributed by atoms with Gasteiger partial charge in [-0.2, -0.15) is 0 Å². The van der Waals surface area contributed by atoms with Crippen LogP contribution in [0.15, 0.2) is 53.4 Å². The number of hydrogen-bond donors (Lipinski definition) is 1. The Morgan fingerprint density at radius 2 is 1.70 bits per heavy atom. The Labute approximate surface area is 161 Å². The highest BCUT2D eigenvalue weighted by molar-refractivity contribution is 7.89. The van der Waals surface area contributed by atoms with Gasteiger partial charge in [0.1, 0.15) is 0 Å². The number of rotatable bonds is 4. The van der Waals surface area contributed by atoms with Crippen molar-refractivity contribution in [2.24, 2.45) is 0 Å². The average molecular weight is 387 g/mol. The first-order valence-corrected chi connectivity index (χ1v) is 10.6. The highest BCUT2D eigenvalue weighted by Gasteiger charge is 2.29. The summed E-state index contributed by atoms with van der Waals surface area (Å²) in [5.74, 6) is -0.107. The highest BCUT2D eigenvalue weighted by atomic mass is 32.2. The monoisotopic (exact) mass is 386 g/mol. The number of fused-ring (bicyclic) bond motifs is 1. The van der Waals surface area contributed by atoms with Gasteiger partial charge in [0.2, 0.25) is 10.0 Å². The smallest absolute Gasteiger partial charge is 0.254 e. The highest BCUT2D eigenvalue weighted by Crippen LogP contribution is 2.35. The quantitative estimate of drug-likeness (QED) is 0.874. The van der Waals surface area contributed by atoms with Crippen LogP contribution in [-0.2, 0) is 16.4 Å². The summed E-state index contributed by atoms with van der Waals surface area (Å²) >= 11 is 0. The Balaban J connectivity index is 1.79. The molecule has 0 spiro atoms. The lowest BCUT2D eigenvalue weighted by Crippen LogP contribution is -2.40. The van der Waals surface area contributed by atoms with Gasteiger partial charge in [0, 0.05) is 18.2 Å². The van der Waals surface area contributed by atoms with Crippen molar-refractivity contribution in [1.29, 1.82) is 0 Å². The minimum Gasteiger partial charge on any atom is -0.335 e. The van der Waals surface area contributed by atoms with E-state index in [1.165, 1.54) is 23.3 Å². The molecule has 144 valence electrons. The number of nitrogens with one attached hydrogen (secondary N) is 1. The van der Waals surface area contributed by atoms with Crippen LogP contribution in [0.3, 0.4) is 0 Å². The Kier molecular flexibility index (Phi) is 5.14. The van der Waals surface area contributed by atoms with Gasteiger partial charge in [-0.05, 0) is 69.0 Å². The van der Waals surface area contributed by atoms with E-state index in [9.17, 15) is 13.2 Å². The minimum absolute atomic E-state index is 0.0552. The molecule has 0 radical (unpaired) electrons. The first-order valence-electron chi connectivity index (χ1n) is 9.07. The van der Waals surface area contributed by atoms with Crippen LogP contribution in [0.4, 0.5) is 0 Å². The summed E-state index contributed by atoms with van der Waals surface area (Å²) in [6.45, 7) is 5.37. The molecule has 0 bridgehead atoms. The van der Waals surface area contributed by atoms with E-state index in [1.807, 2.05) is 12.1 Å². The fourth-order valence-electron chi connectivity index (χ4n) is 3.52. The zero-order valence-electron chi connectivity index (χ0n) is 16.2. The lowest BCUT2D eigenvalue weighted by atomic mass is 10.1. The number of nitrogens with zero attached hydrogens (tertiary/aromatic N) is 1. The molecule has 0 fully saturated rings. The van der Waals surface area contributed by atoms with Crippen molar-refractivity contribution in [3.05, 3.63) is 65.2 Å². The molecule has 1 aliphatic carbocycles. The average Bonchev–Trinajstić information content (AvgIpc) is 3.02. The molecule has 2 aromatic carbocycles. The lowest BCUT2D eigenvalue weighted by Gasteiger charge is -2.26. The van der Waals surface area contributed by atoms with E-state index < -0.39 is 15.6 Å². The minimum atomic E-state index is -3.61. The molecule has 0 saturated carbocycles. The standard InChI is InChI=1S/C21H26N2O3S/c1-21(2,3)22-27(25,26)17-12-9-16(10-13-17)20(24)23(4)19-14-11-15-7-5-6-8-18(15)19/h5-10,12-13,19,22H,11,14H2,1-4H3. The van der Waals surface area contributed by atoms with Crippen LogP contribution in [0.1, 0.15) is 54.7 Å². The molecular weight excluding hydrogens is 360 g/mol. The van der Waals surface area contributed by atoms with Gasteiger partial charge in [-0.25, -0.2) is 13.1 Å². The second-order valence-electron chi connectivity index (χ2n) is 8.05. The molecule has 1 amide bonds. The number of carbonyl (C=O) groups is 1. The van der Waals surface area contributed by atoms with Crippen LogP contribution in [0.25, 0.3) is 0 Å². The van der Waals surface area contributed by atoms with Crippen molar-refractivity contribution >= 4 is 15.9 Å². The van der Waals surface area contributed by atoms with E-state index in [0.717, 1.165) is 12.8 Å². The van der Waals surface area contributed by atoms with Gasteiger partial charge in [-0.15, -0.1) is 0 Å². The predicted molar refractivity (Wildman–Crippen MR) is 106 cm³/mol. The van der Waals surface area contributed by atoms with E-state index in [1.54, 1.807) is 44.9 Å². The molecule has 27 heavy (non-hydrogen) atoms. The lowest BCUT2D eigenvalue weighted by molar-refractivity contribution is 0.0730. The van der Waals surface area contributed by atoms with Crippen LogP contribution < -0.4 is 4.72 Å². The Hall–Kier alpha value is -2.18. The van der Waals surface area contributed by atoms with Crippen molar-refractivity contribution in [3.8, 4) is 0 Å². The zero-order valence-corrected chi connectivity index (χ0v) is 17.0. The van der Waals surface area contributed by atoms with Gasteiger partial charge in [0.15, 0.2) is 0 Å². The topological polar surface area (TPSA) is 66.5 Å². The predicted octanol–water partition coefficient (Wildman–Crippen LogP) is 3.52. The Morgan fingerprint density at radius 1 is 1.07 bits per heavy atom. The van der Waals surface area contributed by atoms with Crippen molar-refractivity contribution in [1.82, 2.24) is 9.62 Å². The first-order chi connectivity index (χ1) is 12.6. The molecular formula is C21H26N2O3S. The molecule has 1 unspecified atom stereocenters. The third kappa shape index (κ3) is 4.22. The zero-order chi connectivity index (χ0) is 19.8. The summed E-state index contributed by atoms with van der Waals surface area (Å²) in [6, 6.07) is 14.4. The molecule has 1 atom stereocenters. The summed E-state index contributed by atoms with van der Waals surface area (Å²) < 4.78 is 27.4. The van der Waals surface area contributed by atoms with Crippen molar-refractivity contribution in [3.63, 3.8) is 0 Å². The van der Waals surface area contributed by atoms with Gasteiger partial charge in [0.05, 0.1) is 10.9 Å². The molecule has 0 saturated heterocycles. The summed E-state index contributed by atoms with van der Waals surface area (Å²) in [6.07, 6.45) is 1.87. The van der Waals surface area contributed by atoms with Crippen LogP contribution in [0, 0.1) is 0 Å². The van der Waals surface area contributed by atoms with E-state index in [-0.39, 0.29) is 16.8 Å². The van der Waals surface area contributed by atoms with E-state index >= 15 is 0 Å². The number of carbonyl (C=O) groups excluding carboxylic acids is 1. The van der Waals surface area contributed by atoms with Crippen LogP contribution in [-0.4, -0.2) is 31.8 Å². The fourth-order valence-corrected chi connectivity index (χ4v) is 4.94. The summed E-state index contributed by atoms with van der Waals surface area (Å²) in [4.78, 5) is 14.8. The summed E-state index contributed by atoms with van der Waals surface area (Å²) in [7, 11) is -1.80. The summed E-state index contributed by atoms with van der Waals surface area (Å²) in [5.41, 5.74) is 2.40. The number of amides is 1. The van der Waals surface area contributed by atoms with E-state index in [0.29, 0.717) is 5.56 Å². The third-order valence-electron chi connectivity index (χ3n) is 4.74. The molecule has 2 aromatic rings. The third-order valence-corrected chi connectivity index (χ3v) is 6.52. The largest absolute Gasteiger partial charge is 0.335 e. The number of aryl methyl sites for hydroxylation is 1. The molecule has 0 aromatic heterocycles. The van der Waals surface area contributed by atoms with Crippen LogP contribution in [0.5, 0.6) is 0 Å². The van der Waals surface area contributed by atoms with Gasteiger partial charge >= 0.3 is 0 Å². The van der Waals surface area contributed by atoms with Crippen LogP contribution >= 0.6 is 0 Å². The maximum atomic E-state index is 12.9. The van der Waals surface area contributed by atoms with Crippen molar-refractivity contribution in [2.75, 3.05) is 7.05 Å². The maximum absolute atomic E-state index is 12.9. The SMILES string of the molecule is CN(C(=O)c1ccc(S(=O)(=O)NC(C)(C)C)cc1)C1CCc2ccccc21. The Morgan fingerprint density at radius 3 is 2.33 bits per heavy atom. The molecule has 3 rings (SSSR count). The maximum Gasteiger partial charge on any atom is 0.254 e. The van der Waals surface area contributed by atoms with Gasteiger partial charge < -0.3 is 4.90 Å². The molecule has 5 nitrogen and oxygen atoms in total. The molecule has 1 N–H and O–H groups in total. The second-order valence-corrected chi connectivity index (χ2v) is 9.73. The van der Waals surface area contributed by atoms with E-state index in [2.05, 4.69) is 16.9 Å².